The molecule has 2 atom stereocenters. The molecule has 0 saturated heterocycles. The molecule has 1 amide bonds. The molecule has 0 heterocycles. The number of sulfonamides is 1. The van der Waals surface area contributed by atoms with Crippen molar-refractivity contribution in [3.8, 4) is 0 Å². The van der Waals surface area contributed by atoms with E-state index >= 15 is 0 Å². The van der Waals surface area contributed by atoms with E-state index in [1.165, 1.54) is 23.6 Å². The number of alkyl halides is 1. The van der Waals surface area contributed by atoms with E-state index in [9.17, 15) is 13.2 Å². The molecule has 7 heteroatoms. The highest BCUT2D eigenvalue weighted by Gasteiger charge is 2.59. The van der Waals surface area contributed by atoms with Gasteiger partial charge in [-0.05, 0) is 88.5 Å². The molecule has 4 aliphatic rings. The van der Waals surface area contributed by atoms with Gasteiger partial charge in [-0.15, -0.1) is 0 Å². The van der Waals surface area contributed by atoms with Crippen LogP contribution in [0, 0.1) is 17.3 Å². The van der Waals surface area contributed by atoms with Gasteiger partial charge >= 0.3 is 0 Å². The van der Waals surface area contributed by atoms with E-state index in [1.807, 2.05) is 13.8 Å². The maximum atomic E-state index is 13.2. The molecule has 0 aliphatic heterocycles. The number of hydrogen-bond acceptors (Lipinski definition) is 3. The lowest BCUT2D eigenvalue weighted by Gasteiger charge is -2.59. The van der Waals surface area contributed by atoms with Gasteiger partial charge in [0.25, 0.3) is 0 Å². The van der Waals surface area contributed by atoms with Crippen LogP contribution in [0.25, 0.3) is 0 Å². The zero-order chi connectivity index (χ0) is 20.3. The summed E-state index contributed by atoms with van der Waals surface area (Å²) in [6.45, 7) is 3.68. The Morgan fingerprint density at radius 3 is 2.21 bits per heavy atom. The number of benzene rings is 1. The molecule has 1 N–H and O–H groups in total. The number of nitrogens with one attached hydrogen (secondary N) is 1. The Labute approximate surface area is 176 Å². The second-order valence-corrected chi connectivity index (χ2v) is 13.2. The minimum Gasteiger partial charge on any atom is -0.326 e. The zero-order valence-electron chi connectivity index (χ0n) is 16.7. The average Bonchev–Trinajstić information content (AvgIpc) is 2.59. The highest BCUT2D eigenvalue weighted by atomic mass is 79.9. The summed E-state index contributed by atoms with van der Waals surface area (Å²) in [6, 6.07) is 6.44. The normalized spacial score (nSPS) is 34.2. The quantitative estimate of drug-likeness (QED) is 0.651. The van der Waals surface area contributed by atoms with E-state index in [0.717, 1.165) is 19.3 Å². The van der Waals surface area contributed by atoms with Crippen LogP contribution in [0.15, 0.2) is 29.2 Å². The summed E-state index contributed by atoms with van der Waals surface area (Å²) in [4.78, 5) is 13.5. The predicted octanol–water partition coefficient (Wildman–Crippen LogP) is 4.39. The monoisotopic (exact) mass is 468 g/mol. The third-order valence-corrected chi connectivity index (χ3v) is 9.96. The number of carbonyl (C=O) groups is 1. The number of hydrogen-bond donors (Lipinski definition) is 1. The Morgan fingerprint density at radius 2 is 1.71 bits per heavy atom. The van der Waals surface area contributed by atoms with Crippen molar-refractivity contribution in [2.75, 3.05) is 12.4 Å². The summed E-state index contributed by atoms with van der Waals surface area (Å²) in [5.41, 5.74) is 0.381. The summed E-state index contributed by atoms with van der Waals surface area (Å²) < 4.78 is 26.7. The Kier molecular flexibility index (Phi) is 4.95. The number of halogens is 1. The molecule has 154 valence electrons. The van der Waals surface area contributed by atoms with Crippen LogP contribution < -0.4 is 5.32 Å². The maximum absolute atomic E-state index is 13.2. The third kappa shape index (κ3) is 3.43. The van der Waals surface area contributed by atoms with E-state index in [2.05, 4.69) is 21.2 Å². The molecule has 5 rings (SSSR count). The molecule has 4 saturated carbocycles. The predicted molar refractivity (Wildman–Crippen MR) is 114 cm³/mol. The van der Waals surface area contributed by atoms with Crippen molar-refractivity contribution in [3.63, 3.8) is 0 Å². The summed E-state index contributed by atoms with van der Waals surface area (Å²) in [5.74, 6) is 1.39. The second kappa shape index (κ2) is 6.81. The van der Waals surface area contributed by atoms with E-state index < -0.39 is 10.0 Å². The Bertz CT molecular complexity index is 867. The topological polar surface area (TPSA) is 66.5 Å². The molecule has 2 unspecified atom stereocenters. The molecule has 0 aromatic heterocycles. The van der Waals surface area contributed by atoms with Crippen LogP contribution in [0.1, 0.15) is 52.4 Å². The SMILES string of the molecule is CC(C)N(C)S(=O)(=O)c1ccc(NC(=O)C23CC4CC(CC(Br)(C4)C2)C3)cc1. The first-order valence-electron chi connectivity index (χ1n) is 10.1. The Hall–Kier alpha value is -0.920. The smallest absolute Gasteiger partial charge is 0.243 e. The molecular weight excluding hydrogens is 440 g/mol. The first-order valence-corrected chi connectivity index (χ1v) is 12.3. The highest BCUT2D eigenvalue weighted by Crippen LogP contribution is 2.64. The fourth-order valence-corrected chi connectivity index (χ4v) is 8.65. The largest absolute Gasteiger partial charge is 0.326 e. The van der Waals surface area contributed by atoms with Crippen molar-refractivity contribution < 1.29 is 13.2 Å². The molecular formula is C21H29BrN2O3S. The van der Waals surface area contributed by atoms with Crippen molar-refractivity contribution in [1.29, 1.82) is 0 Å². The molecule has 0 radical (unpaired) electrons. The Balaban J connectivity index is 1.50. The van der Waals surface area contributed by atoms with Crippen molar-refractivity contribution in [1.82, 2.24) is 4.31 Å². The lowest BCUT2D eigenvalue weighted by Crippen LogP contribution is -2.57. The van der Waals surface area contributed by atoms with E-state index in [4.69, 9.17) is 0 Å². The van der Waals surface area contributed by atoms with Gasteiger partial charge in [-0.25, -0.2) is 8.42 Å². The van der Waals surface area contributed by atoms with Crippen LogP contribution in [-0.4, -0.2) is 36.0 Å². The van der Waals surface area contributed by atoms with Crippen LogP contribution in [0.5, 0.6) is 0 Å². The van der Waals surface area contributed by atoms with E-state index in [0.29, 0.717) is 17.5 Å². The summed E-state index contributed by atoms with van der Waals surface area (Å²) in [7, 11) is -1.93. The molecule has 1 aromatic rings. The molecule has 4 bridgehead atoms. The van der Waals surface area contributed by atoms with Crippen LogP contribution in [0.3, 0.4) is 0 Å². The number of carbonyl (C=O) groups excluding carboxylic acids is 1. The van der Waals surface area contributed by atoms with Crippen LogP contribution in [0.2, 0.25) is 0 Å². The van der Waals surface area contributed by atoms with Gasteiger partial charge < -0.3 is 5.32 Å². The Morgan fingerprint density at radius 1 is 1.14 bits per heavy atom. The van der Waals surface area contributed by atoms with Gasteiger partial charge in [0, 0.05) is 23.1 Å². The first kappa shape index (κ1) is 20.4. The van der Waals surface area contributed by atoms with Crippen molar-refractivity contribution in [2.45, 2.75) is 67.6 Å². The minimum atomic E-state index is -3.51. The summed E-state index contributed by atoms with van der Waals surface area (Å²) >= 11 is 3.95. The highest BCUT2D eigenvalue weighted by molar-refractivity contribution is 9.10. The molecule has 0 spiro atoms. The number of nitrogens with zero attached hydrogens (tertiary/aromatic N) is 1. The molecule has 4 fully saturated rings. The van der Waals surface area contributed by atoms with Crippen molar-refractivity contribution in [2.24, 2.45) is 17.3 Å². The lowest BCUT2D eigenvalue weighted by molar-refractivity contribution is -0.138. The maximum Gasteiger partial charge on any atom is 0.243 e. The fraction of sp³-hybridized carbons (Fsp3) is 0.667. The van der Waals surface area contributed by atoms with Crippen molar-refractivity contribution in [3.05, 3.63) is 24.3 Å². The molecule has 4 aliphatic carbocycles. The van der Waals surface area contributed by atoms with Gasteiger partial charge in [-0.2, -0.15) is 4.31 Å². The molecule has 28 heavy (non-hydrogen) atoms. The molecule has 1 aromatic carbocycles. The third-order valence-electron chi connectivity index (χ3n) is 6.99. The van der Waals surface area contributed by atoms with Gasteiger partial charge in [0.2, 0.25) is 15.9 Å². The van der Waals surface area contributed by atoms with Crippen molar-refractivity contribution >= 4 is 37.5 Å². The zero-order valence-corrected chi connectivity index (χ0v) is 19.1. The van der Waals surface area contributed by atoms with Crippen LogP contribution >= 0.6 is 15.9 Å². The fourth-order valence-electron chi connectivity index (χ4n) is 5.83. The first-order chi connectivity index (χ1) is 13.0. The van der Waals surface area contributed by atoms with Crippen LogP contribution in [0.4, 0.5) is 5.69 Å². The van der Waals surface area contributed by atoms with Gasteiger partial charge in [0.1, 0.15) is 0 Å². The van der Waals surface area contributed by atoms with Gasteiger partial charge in [-0.1, -0.05) is 15.9 Å². The van der Waals surface area contributed by atoms with E-state index in [-0.39, 0.29) is 26.6 Å². The van der Waals surface area contributed by atoms with Crippen LogP contribution in [-0.2, 0) is 14.8 Å². The van der Waals surface area contributed by atoms with Gasteiger partial charge in [0.15, 0.2) is 0 Å². The number of amides is 1. The average molecular weight is 469 g/mol. The van der Waals surface area contributed by atoms with Gasteiger partial charge in [-0.3, -0.25) is 4.79 Å². The standard InChI is InChI=1S/C21H29BrN2O3S/c1-14(2)24(3)28(26,27)18-6-4-17(5-7-18)23-19(25)20-9-15-8-16(10-20)12-21(22,11-15)13-20/h4-7,14-16H,8-13H2,1-3H3,(H,23,25). The molecule has 5 nitrogen and oxygen atoms in total. The lowest BCUT2D eigenvalue weighted by atomic mass is 9.49. The number of anilines is 1. The summed E-state index contributed by atoms with van der Waals surface area (Å²) in [5, 5.41) is 3.08. The van der Waals surface area contributed by atoms with E-state index in [1.54, 1.807) is 31.3 Å². The number of rotatable bonds is 5. The minimum absolute atomic E-state index is 0.0975. The second-order valence-electron chi connectivity index (χ2n) is 9.49. The van der Waals surface area contributed by atoms with Gasteiger partial charge in [0.05, 0.1) is 10.3 Å². The summed E-state index contributed by atoms with van der Waals surface area (Å²) in [6.07, 6.45) is 6.51.